The molecule has 3 rings (SSSR count). The van der Waals surface area contributed by atoms with Gasteiger partial charge in [-0.2, -0.15) is 4.74 Å². The van der Waals surface area contributed by atoms with Crippen LogP contribution in [0.15, 0.2) is 58.6 Å². The molecule has 1 aliphatic carbocycles. The second kappa shape index (κ2) is 5.86. The minimum Gasteiger partial charge on any atom is -0.623 e. The van der Waals surface area contributed by atoms with E-state index in [1.54, 1.807) is 25.3 Å². The molecule has 7 heteroatoms. The van der Waals surface area contributed by atoms with Crippen molar-refractivity contribution in [3.8, 4) is 0 Å². The lowest BCUT2D eigenvalue weighted by atomic mass is 9.85. The van der Waals surface area contributed by atoms with E-state index in [9.17, 15) is 5.21 Å². The summed E-state index contributed by atoms with van der Waals surface area (Å²) in [7, 11) is 1.69. The molecule has 1 N–H and O–H groups in total. The number of hydroxylamine groups is 1. The number of alkyl halides is 2. The van der Waals surface area contributed by atoms with E-state index >= 15 is 0 Å². The first-order valence-electron chi connectivity index (χ1n) is 6.99. The van der Waals surface area contributed by atoms with Crippen molar-refractivity contribution in [2.45, 2.75) is 9.87 Å². The molecule has 1 aromatic carbocycles. The number of nitrogens with one attached hydrogen (secondary N) is 1. The lowest BCUT2D eigenvalue weighted by Gasteiger charge is -2.35. The first kappa shape index (κ1) is 16.4. The number of hydrogen-bond donors (Lipinski definition) is 1. The van der Waals surface area contributed by atoms with Crippen LogP contribution in [0.3, 0.4) is 0 Å². The van der Waals surface area contributed by atoms with E-state index in [1.807, 2.05) is 30.3 Å². The SMILES string of the molecule is CNC1=NC2(Cl)C=CC(Cl)=CC2(Cl)C(c2ccccc2)=[N+]([O-])C1. The van der Waals surface area contributed by atoms with Crippen LogP contribution in [0, 0.1) is 5.21 Å². The number of hydrogen-bond acceptors (Lipinski definition) is 3. The van der Waals surface area contributed by atoms with Gasteiger partial charge in [-0.05, 0) is 30.4 Å². The topological polar surface area (TPSA) is 50.5 Å². The molecular weight excluding hydrogens is 357 g/mol. The zero-order valence-corrected chi connectivity index (χ0v) is 14.5. The van der Waals surface area contributed by atoms with E-state index in [0.29, 0.717) is 22.1 Å². The summed E-state index contributed by atoms with van der Waals surface area (Å²) in [4.78, 5) is 1.71. The van der Waals surface area contributed by atoms with Crippen molar-refractivity contribution >= 4 is 46.4 Å². The van der Waals surface area contributed by atoms with Gasteiger partial charge in [0.15, 0.2) is 15.7 Å². The summed E-state index contributed by atoms with van der Waals surface area (Å²) in [5, 5.41) is 16.1. The molecule has 2 atom stereocenters. The van der Waals surface area contributed by atoms with Crippen LogP contribution in [-0.2, 0) is 0 Å². The third-order valence-electron chi connectivity index (χ3n) is 3.83. The first-order chi connectivity index (χ1) is 10.9. The molecule has 0 aromatic heterocycles. The van der Waals surface area contributed by atoms with Crippen LogP contribution in [0.4, 0.5) is 0 Å². The Labute approximate surface area is 149 Å². The van der Waals surface area contributed by atoms with Crippen LogP contribution in [0.2, 0.25) is 0 Å². The van der Waals surface area contributed by atoms with Crippen molar-refractivity contribution in [2.75, 3.05) is 13.6 Å². The molecule has 120 valence electrons. The minimum atomic E-state index is -1.40. The number of rotatable bonds is 1. The van der Waals surface area contributed by atoms with Crippen molar-refractivity contribution in [2.24, 2.45) is 4.99 Å². The van der Waals surface area contributed by atoms with Crippen LogP contribution in [0.1, 0.15) is 5.56 Å². The molecule has 0 radical (unpaired) electrons. The summed E-state index contributed by atoms with van der Waals surface area (Å²) in [6, 6.07) is 9.16. The number of amidine groups is 1. The van der Waals surface area contributed by atoms with Crippen LogP contribution in [0.5, 0.6) is 0 Å². The van der Waals surface area contributed by atoms with Gasteiger partial charge in [0, 0.05) is 17.6 Å². The van der Waals surface area contributed by atoms with Crippen LogP contribution >= 0.6 is 34.8 Å². The summed E-state index contributed by atoms with van der Waals surface area (Å²) in [6.45, 7) is 0.0168. The largest absolute Gasteiger partial charge is 0.623 e. The Hall–Kier alpha value is -1.49. The van der Waals surface area contributed by atoms with Gasteiger partial charge in [0.2, 0.25) is 12.3 Å². The molecule has 0 saturated carbocycles. The second-order valence-corrected chi connectivity index (χ2v) is 6.92. The predicted molar refractivity (Wildman–Crippen MR) is 95.8 cm³/mol. The van der Waals surface area contributed by atoms with E-state index in [2.05, 4.69) is 10.3 Å². The molecule has 0 amide bonds. The van der Waals surface area contributed by atoms with E-state index in [-0.39, 0.29) is 6.54 Å². The zero-order valence-electron chi connectivity index (χ0n) is 12.3. The highest BCUT2D eigenvalue weighted by Gasteiger charge is 2.57. The number of halogens is 3. The van der Waals surface area contributed by atoms with Gasteiger partial charge in [-0.15, -0.1) is 0 Å². The van der Waals surface area contributed by atoms with Gasteiger partial charge < -0.3 is 10.5 Å². The molecule has 2 aliphatic rings. The number of benzene rings is 1. The molecule has 4 nitrogen and oxygen atoms in total. The molecule has 0 bridgehead atoms. The molecule has 23 heavy (non-hydrogen) atoms. The molecule has 1 heterocycles. The lowest BCUT2D eigenvalue weighted by molar-refractivity contribution is -0.441. The Balaban J connectivity index is 2.31. The molecule has 0 saturated heterocycles. The van der Waals surface area contributed by atoms with Gasteiger partial charge in [0.05, 0.1) is 0 Å². The monoisotopic (exact) mass is 369 g/mol. The van der Waals surface area contributed by atoms with Crippen molar-refractivity contribution < 1.29 is 4.74 Å². The van der Waals surface area contributed by atoms with Crippen LogP contribution in [0.25, 0.3) is 0 Å². The van der Waals surface area contributed by atoms with E-state index in [4.69, 9.17) is 34.8 Å². The Morgan fingerprint density at radius 1 is 1.26 bits per heavy atom. The zero-order chi connectivity index (χ0) is 16.7. The van der Waals surface area contributed by atoms with E-state index < -0.39 is 9.87 Å². The molecule has 2 unspecified atom stereocenters. The number of nitrogens with zero attached hydrogens (tertiary/aromatic N) is 2. The van der Waals surface area contributed by atoms with Crippen molar-refractivity contribution in [3.63, 3.8) is 0 Å². The molecule has 0 spiro atoms. The maximum atomic E-state index is 12.8. The van der Waals surface area contributed by atoms with Gasteiger partial charge >= 0.3 is 0 Å². The van der Waals surface area contributed by atoms with Crippen molar-refractivity contribution in [3.05, 3.63) is 64.4 Å². The first-order valence-corrected chi connectivity index (χ1v) is 8.12. The maximum Gasteiger partial charge on any atom is 0.224 e. The fourth-order valence-electron chi connectivity index (χ4n) is 2.72. The number of aliphatic imine (C=N–C) groups is 1. The van der Waals surface area contributed by atoms with Gasteiger partial charge in [0.1, 0.15) is 0 Å². The highest BCUT2D eigenvalue weighted by molar-refractivity contribution is 6.48. The average molecular weight is 371 g/mol. The van der Waals surface area contributed by atoms with Gasteiger partial charge in [0.25, 0.3) is 0 Å². The Bertz CT molecular complexity index is 757. The van der Waals surface area contributed by atoms with Crippen LogP contribution in [-0.4, -0.2) is 39.8 Å². The quantitative estimate of drug-likeness (QED) is 0.357. The normalized spacial score (nSPS) is 30.3. The highest BCUT2D eigenvalue weighted by Crippen LogP contribution is 2.46. The van der Waals surface area contributed by atoms with Gasteiger partial charge in [-0.25, -0.2) is 4.99 Å². The Kier molecular flexibility index (Phi) is 4.17. The third-order valence-corrected chi connectivity index (χ3v) is 5.25. The van der Waals surface area contributed by atoms with Crippen molar-refractivity contribution in [1.29, 1.82) is 0 Å². The summed E-state index contributed by atoms with van der Waals surface area (Å²) < 4.78 is 0.807. The summed E-state index contributed by atoms with van der Waals surface area (Å²) >= 11 is 19.8. The van der Waals surface area contributed by atoms with Gasteiger partial charge in [-0.1, -0.05) is 53.0 Å². The standard InChI is InChI=1S/C16H14Cl3N3O/c1-20-13-10-22(23)14(11-5-3-2-4-6-11)15(18)9-12(17)7-8-16(15,19)21-13/h2-9H,10H2,1H3,(H,20,21). The fraction of sp³-hybridized carbons (Fsp3) is 0.250. The van der Waals surface area contributed by atoms with Crippen LogP contribution < -0.4 is 5.32 Å². The maximum absolute atomic E-state index is 12.8. The summed E-state index contributed by atoms with van der Waals surface area (Å²) in [6.07, 6.45) is 4.82. The van der Waals surface area contributed by atoms with E-state index in [1.165, 1.54) is 0 Å². The number of likely N-dealkylation sites (N-methyl/N-ethyl adjacent to an activating group) is 1. The number of fused-ring (bicyclic) bond motifs is 1. The minimum absolute atomic E-state index is 0.0168. The average Bonchev–Trinajstić information content (AvgIpc) is 2.60. The Morgan fingerprint density at radius 3 is 2.61 bits per heavy atom. The second-order valence-electron chi connectivity index (χ2n) is 5.31. The summed E-state index contributed by atoms with van der Waals surface area (Å²) in [5.41, 5.74) is 0.984. The molecule has 1 aliphatic heterocycles. The summed E-state index contributed by atoms with van der Waals surface area (Å²) in [5.74, 6) is 0.446. The molecule has 0 fully saturated rings. The Morgan fingerprint density at radius 2 is 1.96 bits per heavy atom. The van der Waals surface area contributed by atoms with E-state index in [0.717, 1.165) is 4.74 Å². The fourth-order valence-corrected chi connectivity index (χ4v) is 3.73. The molecular formula is C16H14Cl3N3O. The smallest absolute Gasteiger partial charge is 0.224 e. The lowest BCUT2D eigenvalue weighted by Crippen LogP contribution is -2.51. The highest BCUT2D eigenvalue weighted by atomic mass is 35.5. The number of allylic oxidation sites excluding steroid dienone is 2. The molecule has 1 aromatic rings. The predicted octanol–water partition coefficient (Wildman–Crippen LogP) is 3.22. The third kappa shape index (κ3) is 2.65. The van der Waals surface area contributed by atoms with Gasteiger partial charge in [-0.3, -0.25) is 0 Å². The van der Waals surface area contributed by atoms with Crippen molar-refractivity contribution in [1.82, 2.24) is 5.32 Å².